The largest absolute Gasteiger partial charge is 0.338 e. The lowest BCUT2D eigenvalue weighted by molar-refractivity contribution is 1.16. The van der Waals surface area contributed by atoms with Crippen LogP contribution in [0.4, 0.5) is 5.00 Å². The summed E-state index contributed by atoms with van der Waals surface area (Å²) in [4.78, 5) is 3.86. The van der Waals surface area contributed by atoms with Crippen LogP contribution in [0.15, 0.2) is 16.4 Å². The molecule has 0 unspecified atom stereocenters. The molecule has 0 aliphatic rings. The van der Waals surface area contributed by atoms with Crippen molar-refractivity contribution < 1.29 is 0 Å². The first-order chi connectivity index (χ1) is 5.38. The average Bonchev–Trinajstić information content (AvgIpc) is 2.47. The van der Waals surface area contributed by atoms with Crippen molar-refractivity contribution in [1.82, 2.24) is 0 Å². The van der Waals surface area contributed by atoms with Gasteiger partial charge in [0, 0.05) is 7.05 Å². The Hall–Kier alpha value is -0.830. The number of aryl methyl sites for hydroxylation is 1. The fourth-order valence-electron chi connectivity index (χ4n) is 0.864. The Morgan fingerprint density at radius 3 is 3.18 bits per heavy atom. The number of nitrogens with one attached hydrogen (secondary N) is 1. The SMILES string of the molecule is CCc1ccsc1NC=NC. The van der Waals surface area contributed by atoms with Gasteiger partial charge in [0.1, 0.15) is 0 Å². The van der Waals surface area contributed by atoms with E-state index < -0.39 is 0 Å². The zero-order valence-electron chi connectivity index (χ0n) is 6.79. The summed E-state index contributed by atoms with van der Waals surface area (Å²) in [6, 6.07) is 2.14. The van der Waals surface area contributed by atoms with Crippen LogP contribution >= 0.6 is 11.3 Å². The second-order valence-corrected chi connectivity index (χ2v) is 3.08. The zero-order chi connectivity index (χ0) is 8.10. The van der Waals surface area contributed by atoms with Crippen LogP contribution in [0.5, 0.6) is 0 Å². The summed E-state index contributed by atoms with van der Waals surface area (Å²) in [6.07, 6.45) is 2.79. The minimum Gasteiger partial charge on any atom is -0.338 e. The summed E-state index contributed by atoms with van der Waals surface area (Å²) < 4.78 is 0. The zero-order valence-corrected chi connectivity index (χ0v) is 7.61. The molecule has 0 radical (unpaired) electrons. The van der Waals surface area contributed by atoms with Crippen LogP contribution in [0.2, 0.25) is 0 Å². The van der Waals surface area contributed by atoms with Gasteiger partial charge < -0.3 is 5.32 Å². The van der Waals surface area contributed by atoms with Crippen molar-refractivity contribution in [2.75, 3.05) is 12.4 Å². The smallest absolute Gasteiger partial charge is 0.0965 e. The first kappa shape index (κ1) is 8.27. The predicted molar refractivity (Wildman–Crippen MR) is 51.7 cm³/mol. The van der Waals surface area contributed by atoms with Gasteiger partial charge in [-0.15, -0.1) is 11.3 Å². The van der Waals surface area contributed by atoms with Crippen LogP contribution in [0, 0.1) is 0 Å². The third-order valence-corrected chi connectivity index (χ3v) is 2.34. The first-order valence-electron chi connectivity index (χ1n) is 3.62. The molecule has 0 aromatic carbocycles. The van der Waals surface area contributed by atoms with Crippen molar-refractivity contribution in [3.8, 4) is 0 Å². The van der Waals surface area contributed by atoms with Gasteiger partial charge in [-0.2, -0.15) is 0 Å². The molecule has 0 saturated carbocycles. The van der Waals surface area contributed by atoms with E-state index in [4.69, 9.17) is 0 Å². The summed E-state index contributed by atoms with van der Waals surface area (Å²) in [7, 11) is 1.76. The van der Waals surface area contributed by atoms with Crippen LogP contribution in [0.1, 0.15) is 12.5 Å². The number of nitrogens with zero attached hydrogens (tertiary/aromatic N) is 1. The highest BCUT2D eigenvalue weighted by atomic mass is 32.1. The highest BCUT2D eigenvalue weighted by Gasteiger charge is 1.98. The molecule has 1 aromatic rings. The molecule has 1 heterocycles. The van der Waals surface area contributed by atoms with Crippen LogP contribution in [-0.4, -0.2) is 13.4 Å². The Labute approximate surface area is 71.0 Å². The van der Waals surface area contributed by atoms with E-state index in [0.29, 0.717) is 0 Å². The van der Waals surface area contributed by atoms with E-state index >= 15 is 0 Å². The van der Waals surface area contributed by atoms with Gasteiger partial charge in [0.25, 0.3) is 0 Å². The molecule has 0 spiro atoms. The molecular weight excluding hydrogens is 156 g/mol. The quantitative estimate of drug-likeness (QED) is 0.544. The van der Waals surface area contributed by atoms with Crippen molar-refractivity contribution >= 4 is 22.7 Å². The van der Waals surface area contributed by atoms with Crippen LogP contribution < -0.4 is 5.32 Å². The Balaban J connectivity index is 2.68. The van der Waals surface area contributed by atoms with E-state index in [1.54, 1.807) is 24.7 Å². The van der Waals surface area contributed by atoms with Gasteiger partial charge in [-0.25, -0.2) is 0 Å². The van der Waals surface area contributed by atoms with Gasteiger partial charge in [0.05, 0.1) is 11.3 Å². The summed E-state index contributed by atoms with van der Waals surface area (Å²) in [5, 5.41) is 6.42. The Morgan fingerprint density at radius 1 is 1.73 bits per heavy atom. The number of rotatable bonds is 3. The third-order valence-electron chi connectivity index (χ3n) is 1.45. The molecule has 1 aromatic heterocycles. The predicted octanol–water partition coefficient (Wildman–Crippen LogP) is 2.38. The van der Waals surface area contributed by atoms with Crippen LogP contribution in [0.3, 0.4) is 0 Å². The van der Waals surface area contributed by atoms with Gasteiger partial charge in [-0.3, -0.25) is 4.99 Å². The standard InChI is InChI=1S/C8H12N2S/c1-3-7-4-5-11-8(7)10-6-9-2/h4-6H,3H2,1-2H3,(H,9,10). The Morgan fingerprint density at radius 2 is 2.55 bits per heavy atom. The number of thiophene rings is 1. The molecule has 0 saturated heterocycles. The van der Waals surface area contributed by atoms with Gasteiger partial charge in [-0.1, -0.05) is 6.92 Å². The molecule has 0 amide bonds. The minimum atomic E-state index is 1.07. The lowest BCUT2D eigenvalue weighted by Crippen LogP contribution is -1.94. The monoisotopic (exact) mass is 168 g/mol. The maximum absolute atomic E-state index is 3.86. The summed E-state index contributed by atoms with van der Waals surface area (Å²) >= 11 is 1.71. The highest BCUT2D eigenvalue weighted by molar-refractivity contribution is 7.14. The van der Waals surface area contributed by atoms with E-state index in [1.807, 2.05) is 0 Å². The lowest BCUT2D eigenvalue weighted by Gasteiger charge is -1.97. The van der Waals surface area contributed by atoms with Crippen molar-refractivity contribution in [2.45, 2.75) is 13.3 Å². The fraction of sp³-hybridized carbons (Fsp3) is 0.375. The molecule has 2 nitrogen and oxygen atoms in total. The summed E-state index contributed by atoms with van der Waals surface area (Å²) in [5.74, 6) is 0. The average molecular weight is 168 g/mol. The molecule has 0 aliphatic heterocycles. The first-order valence-corrected chi connectivity index (χ1v) is 4.50. The molecule has 0 atom stereocenters. The molecule has 3 heteroatoms. The highest BCUT2D eigenvalue weighted by Crippen LogP contribution is 2.22. The topological polar surface area (TPSA) is 24.4 Å². The van der Waals surface area contributed by atoms with Crippen molar-refractivity contribution in [2.24, 2.45) is 4.99 Å². The molecule has 60 valence electrons. The molecule has 0 bridgehead atoms. The molecule has 0 aliphatic carbocycles. The fourth-order valence-corrected chi connectivity index (χ4v) is 1.72. The van der Waals surface area contributed by atoms with Gasteiger partial charge >= 0.3 is 0 Å². The minimum absolute atomic E-state index is 1.07. The molecule has 0 fully saturated rings. The Kier molecular flexibility index (Phi) is 3.11. The molecule has 1 N–H and O–H groups in total. The summed E-state index contributed by atoms with van der Waals surface area (Å²) in [5.41, 5.74) is 1.36. The molecular formula is C8H12N2S. The molecule has 1 rings (SSSR count). The lowest BCUT2D eigenvalue weighted by atomic mass is 10.2. The van der Waals surface area contributed by atoms with Crippen LogP contribution in [-0.2, 0) is 6.42 Å². The van der Waals surface area contributed by atoms with Crippen molar-refractivity contribution in [3.63, 3.8) is 0 Å². The third kappa shape index (κ3) is 2.05. The normalized spacial score (nSPS) is 10.7. The second-order valence-electron chi connectivity index (χ2n) is 2.16. The van der Waals surface area contributed by atoms with Crippen molar-refractivity contribution in [1.29, 1.82) is 0 Å². The van der Waals surface area contributed by atoms with Gasteiger partial charge in [0.2, 0.25) is 0 Å². The maximum Gasteiger partial charge on any atom is 0.0965 e. The number of hydrogen-bond acceptors (Lipinski definition) is 2. The summed E-state index contributed by atoms with van der Waals surface area (Å²) in [6.45, 7) is 2.15. The van der Waals surface area contributed by atoms with Gasteiger partial charge in [-0.05, 0) is 23.4 Å². The van der Waals surface area contributed by atoms with E-state index in [9.17, 15) is 0 Å². The van der Waals surface area contributed by atoms with E-state index in [1.165, 1.54) is 10.6 Å². The van der Waals surface area contributed by atoms with Crippen molar-refractivity contribution in [3.05, 3.63) is 17.0 Å². The second kappa shape index (κ2) is 4.13. The van der Waals surface area contributed by atoms with E-state index in [-0.39, 0.29) is 0 Å². The number of aliphatic imine (C=N–C) groups is 1. The molecule has 11 heavy (non-hydrogen) atoms. The van der Waals surface area contributed by atoms with E-state index in [0.717, 1.165) is 6.42 Å². The Bertz CT molecular complexity index is 240. The van der Waals surface area contributed by atoms with Crippen LogP contribution in [0.25, 0.3) is 0 Å². The maximum atomic E-state index is 3.86. The number of anilines is 1. The number of hydrogen-bond donors (Lipinski definition) is 1. The van der Waals surface area contributed by atoms with Gasteiger partial charge in [0.15, 0.2) is 0 Å². The van der Waals surface area contributed by atoms with E-state index in [2.05, 4.69) is 28.7 Å².